The third-order valence-electron chi connectivity index (χ3n) is 17.6. The second-order valence-electron chi connectivity index (χ2n) is 23.4. The lowest BCUT2D eigenvalue weighted by Gasteiger charge is -2.35. The highest BCUT2D eigenvalue weighted by atomic mass is 35.5. The number of nitrogens with zero attached hydrogens (tertiary/aromatic N) is 4. The number of carbonyl (C=O) groups excluding carboxylic acids is 3. The molecular weight excluding hydrogens is 1230 g/mol. The van der Waals surface area contributed by atoms with E-state index in [1.807, 2.05) is 51.1 Å². The molecule has 0 radical (unpaired) electrons. The van der Waals surface area contributed by atoms with Crippen molar-refractivity contribution in [1.82, 2.24) is 34.9 Å². The van der Waals surface area contributed by atoms with Crippen LogP contribution in [-0.2, 0) is 0 Å². The summed E-state index contributed by atoms with van der Waals surface area (Å²) in [6.07, 6.45) is 9.35. The molecule has 3 atom stereocenters. The third-order valence-corrected chi connectivity index (χ3v) is 17.9. The summed E-state index contributed by atoms with van der Waals surface area (Å²) >= 11 is 6.32. The fourth-order valence-corrected chi connectivity index (χ4v) is 12.9. The van der Waals surface area contributed by atoms with Crippen LogP contribution in [0.5, 0.6) is 0 Å². The van der Waals surface area contributed by atoms with Crippen LogP contribution in [0.25, 0.3) is 38.0 Å². The Labute approximate surface area is 544 Å². The first-order chi connectivity index (χ1) is 45.3. The first-order valence-electron chi connectivity index (χ1n) is 31.3. The Morgan fingerprint density at radius 1 is 0.511 bits per heavy atom. The second kappa shape index (κ2) is 29.3. The van der Waals surface area contributed by atoms with E-state index >= 15 is 0 Å². The van der Waals surface area contributed by atoms with Gasteiger partial charge in [0.1, 0.15) is 29.1 Å². The Bertz CT molecular complexity index is 4690. The van der Waals surface area contributed by atoms with Crippen LogP contribution in [0.4, 0.5) is 22.0 Å². The first-order valence-corrected chi connectivity index (χ1v) is 31.7. The summed E-state index contributed by atoms with van der Waals surface area (Å²) in [4.78, 5) is 83.6. The van der Waals surface area contributed by atoms with Crippen molar-refractivity contribution >= 4 is 61.6 Å². The molecule has 2 aliphatic rings. The van der Waals surface area contributed by atoms with E-state index in [0.29, 0.717) is 68.7 Å². The molecule has 12 rings (SSSR count). The maximum atomic E-state index is 14.9. The van der Waals surface area contributed by atoms with Gasteiger partial charge in [-0.25, -0.2) is 31.3 Å². The number of rotatable bonds is 17. The number of benzene rings is 6. The number of pyridine rings is 4. The van der Waals surface area contributed by atoms with Gasteiger partial charge < -0.3 is 26.8 Å². The molecule has 0 unspecified atom stereocenters. The van der Waals surface area contributed by atoms with Gasteiger partial charge in [-0.2, -0.15) is 0 Å². The molecule has 15 nitrogen and oxygen atoms in total. The third kappa shape index (κ3) is 13.7. The largest absolute Gasteiger partial charge is 0.345 e. The fraction of sp³-hybridized carbons (Fsp3) is 0.274. The van der Waals surface area contributed by atoms with Gasteiger partial charge in [0.25, 0.3) is 34.4 Å². The smallest absolute Gasteiger partial charge is 0.279 e. The van der Waals surface area contributed by atoms with Crippen molar-refractivity contribution in [3.05, 3.63) is 268 Å². The number of halogens is 6. The summed E-state index contributed by atoms with van der Waals surface area (Å²) in [6, 6.07) is 35.5. The van der Waals surface area contributed by atoms with Gasteiger partial charge in [-0.15, -0.1) is 0 Å². The summed E-state index contributed by atoms with van der Waals surface area (Å²) in [5.41, 5.74) is 8.93. The van der Waals surface area contributed by atoms with Gasteiger partial charge in [0.05, 0.1) is 79.3 Å². The van der Waals surface area contributed by atoms with Crippen LogP contribution < -0.4 is 43.5 Å². The molecule has 2 fully saturated rings. The molecular formula is C73H71ClF5N9O6. The van der Waals surface area contributed by atoms with Crippen LogP contribution in [0.3, 0.4) is 0 Å². The van der Waals surface area contributed by atoms with Gasteiger partial charge in [-0.05, 0) is 150 Å². The van der Waals surface area contributed by atoms with Crippen molar-refractivity contribution in [3.63, 3.8) is 0 Å². The second-order valence-corrected chi connectivity index (χ2v) is 23.8. The first kappa shape index (κ1) is 67.0. The Morgan fingerprint density at radius 2 is 1.00 bits per heavy atom. The number of nitrogens with one attached hydrogen (secondary N) is 5. The number of fused-ring (bicyclic) bond motifs is 3. The standard InChI is InChI=1S/C27H22F3N3O2.C24H25F2N3O2.C22H24ClN3O2/c1-15-23(26(34)32-25(16-5-2-6-16)17-7-3-8-18(28)11-17)21-12-19(29)13-22(30)24(21)27(35)33(15)20-9-4-10-31-14-20;1-3-27-29-14(2)20(18-11-6-12-19(26)21(18)24(29)31)23(30)28-22(15-7-4-8-15)16-9-5-10-17(25)13-16;1-4-18(15-10-7-6-8-11-15)25-21(27)19-14(3)26(24-5-2)22(28)20-16(19)12-9-13-17(20)23/h3-4,7-14,16,25H,2,5-6H2,1H3,(H,32,34);5-6,9-13,15,22,27H,3-4,7-8H2,1-2H3,(H,28,30);6-13,18,24H,4-5H2,1-3H3,(H,25,27)/t25-;22-;18-/m000/s1. The molecule has 21 heteroatoms. The van der Waals surface area contributed by atoms with Crippen molar-refractivity contribution in [2.75, 3.05) is 23.9 Å². The van der Waals surface area contributed by atoms with Crippen LogP contribution in [-0.4, -0.2) is 49.7 Å². The highest BCUT2D eigenvalue weighted by molar-refractivity contribution is 6.36. The number of hydrogen-bond donors (Lipinski definition) is 5. The summed E-state index contributed by atoms with van der Waals surface area (Å²) in [5, 5.41) is 9.99. The molecule has 4 aromatic heterocycles. The van der Waals surface area contributed by atoms with Crippen LogP contribution in [0, 0.1) is 61.7 Å². The van der Waals surface area contributed by atoms with Gasteiger partial charge >= 0.3 is 0 Å². The molecule has 10 aromatic rings. The maximum Gasteiger partial charge on any atom is 0.279 e. The molecule has 2 saturated carbocycles. The minimum absolute atomic E-state index is 0.0254. The lowest BCUT2D eigenvalue weighted by molar-refractivity contribution is 0.0893. The summed E-state index contributed by atoms with van der Waals surface area (Å²) in [6.45, 7) is 11.7. The quantitative estimate of drug-likeness (QED) is 0.0552. The Balaban J connectivity index is 0.000000155. The van der Waals surface area contributed by atoms with Gasteiger partial charge in [0, 0.05) is 47.2 Å². The number of amides is 3. The molecule has 0 aliphatic heterocycles. The zero-order valence-electron chi connectivity index (χ0n) is 52.7. The Morgan fingerprint density at radius 3 is 1.50 bits per heavy atom. The van der Waals surface area contributed by atoms with E-state index in [4.69, 9.17) is 11.6 Å². The van der Waals surface area contributed by atoms with Gasteiger partial charge in [-0.1, -0.05) is 110 Å². The zero-order chi connectivity index (χ0) is 67.1. The molecule has 0 saturated heterocycles. The van der Waals surface area contributed by atoms with E-state index in [-0.39, 0.29) is 74.2 Å². The lowest BCUT2D eigenvalue weighted by atomic mass is 9.77. The molecule has 0 spiro atoms. The predicted octanol–water partition coefficient (Wildman–Crippen LogP) is 14.2. The van der Waals surface area contributed by atoms with Gasteiger partial charge in [0.15, 0.2) is 0 Å². The molecule has 6 aromatic carbocycles. The number of aromatic nitrogens is 4. The topological polar surface area (TPSA) is 190 Å². The Hall–Kier alpha value is -9.95. The molecule has 3 amide bonds. The van der Waals surface area contributed by atoms with E-state index in [1.165, 1.54) is 62.7 Å². The van der Waals surface area contributed by atoms with Crippen LogP contribution >= 0.6 is 11.6 Å². The van der Waals surface area contributed by atoms with E-state index < -0.39 is 57.6 Å². The minimum atomic E-state index is -1.06. The molecule has 0 bridgehead atoms. The minimum Gasteiger partial charge on any atom is -0.345 e. The predicted molar refractivity (Wildman–Crippen MR) is 357 cm³/mol. The van der Waals surface area contributed by atoms with E-state index in [9.17, 15) is 50.7 Å². The highest BCUT2D eigenvalue weighted by Gasteiger charge is 2.34. The number of carbonyl (C=O) groups is 3. The van der Waals surface area contributed by atoms with Crippen molar-refractivity contribution < 1.29 is 36.3 Å². The van der Waals surface area contributed by atoms with Gasteiger partial charge in [0.2, 0.25) is 0 Å². The normalized spacial score (nSPS) is 13.9. The van der Waals surface area contributed by atoms with E-state index in [2.05, 4.69) is 31.8 Å². The maximum absolute atomic E-state index is 14.9. The molecule has 486 valence electrons. The highest BCUT2D eigenvalue weighted by Crippen LogP contribution is 2.40. The summed E-state index contributed by atoms with van der Waals surface area (Å²) in [5.74, 6) is -4.36. The van der Waals surface area contributed by atoms with E-state index in [1.54, 1.807) is 81.4 Å². The van der Waals surface area contributed by atoms with Crippen molar-refractivity contribution in [2.45, 2.75) is 105 Å². The van der Waals surface area contributed by atoms with E-state index in [0.717, 1.165) is 56.6 Å². The molecule has 5 N–H and O–H groups in total. The lowest BCUT2D eigenvalue weighted by Crippen LogP contribution is -2.39. The van der Waals surface area contributed by atoms with Crippen LogP contribution in [0.2, 0.25) is 5.02 Å². The van der Waals surface area contributed by atoms with Crippen molar-refractivity contribution in [3.8, 4) is 5.69 Å². The molecule has 4 heterocycles. The average Bonchev–Trinajstić information content (AvgIpc) is 0.758. The number of hydrogen-bond acceptors (Lipinski definition) is 9. The van der Waals surface area contributed by atoms with Crippen LogP contribution in [0.15, 0.2) is 166 Å². The molecule has 94 heavy (non-hydrogen) atoms. The van der Waals surface area contributed by atoms with Crippen molar-refractivity contribution in [1.29, 1.82) is 0 Å². The average molecular weight is 1300 g/mol. The molecule has 2 aliphatic carbocycles. The van der Waals surface area contributed by atoms with Crippen LogP contribution in [0.1, 0.15) is 149 Å². The monoisotopic (exact) mass is 1300 g/mol. The Kier molecular flexibility index (Phi) is 20.9. The van der Waals surface area contributed by atoms with Crippen molar-refractivity contribution in [2.24, 2.45) is 11.8 Å². The fourth-order valence-electron chi connectivity index (χ4n) is 12.6. The summed E-state index contributed by atoms with van der Waals surface area (Å²) < 4.78 is 75.4. The SMILES string of the molecule is CCNn1c(C)c(C(=O)N[C@@H](CC)c2ccccc2)c2cccc(Cl)c2c1=O.CCNn1c(C)c(C(=O)N[C@H](c2cccc(F)c2)C2CCC2)c2cccc(F)c2c1=O.Cc1c(C(=O)N[C@H](c2cccc(F)c2)C2CCC2)c2cc(F)cc(F)c2c(=O)n1-c1cccnc1. The zero-order valence-corrected chi connectivity index (χ0v) is 53.4. The van der Waals surface area contributed by atoms with Gasteiger partial charge in [-0.3, -0.25) is 38.3 Å². The summed E-state index contributed by atoms with van der Waals surface area (Å²) in [7, 11) is 0.